The van der Waals surface area contributed by atoms with Crippen molar-refractivity contribution in [2.24, 2.45) is 0 Å². The van der Waals surface area contributed by atoms with Gasteiger partial charge in [0.1, 0.15) is 0 Å². The van der Waals surface area contributed by atoms with E-state index in [1.54, 1.807) is 17.7 Å². The molecule has 1 unspecified atom stereocenters. The highest BCUT2D eigenvalue weighted by atomic mass is 32.2. The number of carbonyl (C=O) groups is 1. The lowest BCUT2D eigenvalue weighted by molar-refractivity contribution is 0.0995. The van der Waals surface area contributed by atoms with Crippen molar-refractivity contribution >= 4 is 39.4 Å². The minimum absolute atomic E-state index is 0.00986. The summed E-state index contributed by atoms with van der Waals surface area (Å²) in [6.45, 7) is 4.53. The first-order valence-corrected chi connectivity index (χ1v) is 10.7. The minimum atomic E-state index is -0.412. The molecule has 4 aromatic rings. The zero-order valence-corrected chi connectivity index (χ0v) is 18.0. The van der Waals surface area contributed by atoms with Crippen molar-refractivity contribution < 1.29 is 9.53 Å². The van der Waals surface area contributed by atoms with E-state index in [9.17, 15) is 9.59 Å². The number of methoxy groups -OCH3 is 1. The number of hydrogen-bond donors (Lipinski definition) is 1. The molecule has 1 atom stereocenters. The van der Waals surface area contributed by atoms with Gasteiger partial charge in [-0.25, -0.2) is 4.98 Å². The summed E-state index contributed by atoms with van der Waals surface area (Å²) in [5, 5.41) is 1.58. The van der Waals surface area contributed by atoms with Crippen LogP contribution in [0.25, 0.3) is 21.8 Å². The van der Waals surface area contributed by atoms with Crippen molar-refractivity contribution in [2.75, 3.05) is 13.7 Å². The second kappa shape index (κ2) is 8.45. The van der Waals surface area contributed by atoms with E-state index in [4.69, 9.17) is 4.74 Å². The molecule has 30 heavy (non-hydrogen) atoms. The summed E-state index contributed by atoms with van der Waals surface area (Å²) in [5.41, 5.74) is 2.98. The number of ketones is 1. The van der Waals surface area contributed by atoms with E-state index in [-0.39, 0.29) is 11.3 Å². The number of para-hydroxylation sites is 2. The smallest absolute Gasteiger partial charge is 0.262 e. The molecule has 0 fully saturated rings. The number of nitrogens with zero attached hydrogens (tertiary/aromatic N) is 2. The number of carbonyl (C=O) groups excluding carboxylic acids is 1. The molecule has 0 amide bonds. The van der Waals surface area contributed by atoms with Gasteiger partial charge in [0, 0.05) is 29.3 Å². The summed E-state index contributed by atoms with van der Waals surface area (Å²) >= 11 is 1.31. The number of rotatable bonds is 7. The molecule has 0 aliphatic rings. The fraction of sp³-hybridized carbons (Fsp3) is 0.261. The average Bonchev–Trinajstić information content (AvgIpc) is 3.08. The van der Waals surface area contributed by atoms with Gasteiger partial charge in [-0.05, 0) is 32.0 Å². The van der Waals surface area contributed by atoms with Gasteiger partial charge >= 0.3 is 0 Å². The summed E-state index contributed by atoms with van der Waals surface area (Å²) in [7, 11) is 1.60. The number of Topliss-reactive ketones (excluding diaryl/α,β-unsaturated/α-hetero) is 1. The van der Waals surface area contributed by atoms with Crippen LogP contribution in [0.5, 0.6) is 0 Å². The first-order valence-electron chi connectivity index (χ1n) is 9.78. The molecule has 2 aromatic carbocycles. The molecule has 0 saturated carbocycles. The number of hydrogen-bond acceptors (Lipinski definition) is 5. The number of nitrogens with one attached hydrogen (secondary N) is 1. The number of thioether (sulfide) groups is 1. The molecule has 0 spiro atoms. The zero-order chi connectivity index (χ0) is 21.3. The Morgan fingerprint density at radius 3 is 2.63 bits per heavy atom. The van der Waals surface area contributed by atoms with Crippen LogP contribution in [-0.4, -0.2) is 39.3 Å². The lowest BCUT2D eigenvalue weighted by atomic mass is 10.1. The van der Waals surface area contributed by atoms with E-state index in [0.29, 0.717) is 34.8 Å². The van der Waals surface area contributed by atoms with Crippen molar-refractivity contribution in [2.45, 2.75) is 30.8 Å². The molecular formula is C23H23N3O3S. The van der Waals surface area contributed by atoms with Crippen LogP contribution in [0.1, 0.15) is 23.0 Å². The van der Waals surface area contributed by atoms with Crippen LogP contribution in [-0.2, 0) is 11.3 Å². The molecule has 0 saturated heterocycles. The molecule has 2 heterocycles. The van der Waals surface area contributed by atoms with Gasteiger partial charge in [-0.1, -0.05) is 42.1 Å². The first kappa shape index (κ1) is 20.4. The molecule has 0 aliphatic carbocycles. The standard InChI is InChI=1S/C23H23N3O3S/c1-14-20(16-8-4-6-10-18(16)24-14)21(27)15(2)30-23-25-19-11-7-5-9-17(19)22(28)26(23)12-13-29-3/h4-11,15,24H,12-13H2,1-3H3. The van der Waals surface area contributed by atoms with Crippen LogP contribution < -0.4 is 5.56 Å². The number of aromatic amines is 1. The third-order valence-corrected chi connectivity index (χ3v) is 6.23. The van der Waals surface area contributed by atoms with Crippen molar-refractivity contribution in [3.05, 3.63) is 70.1 Å². The molecule has 4 rings (SSSR count). The summed E-state index contributed by atoms with van der Waals surface area (Å²) < 4.78 is 6.77. The Balaban J connectivity index is 1.73. The molecular weight excluding hydrogens is 398 g/mol. The normalized spacial score (nSPS) is 12.5. The van der Waals surface area contributed by atoms with Crippen molar-refractivity contribution in [3.8, 4) is 0 Å². The largest absolute Gasteiger partial charge is 0.383 e. The van der Waals surface area contributed by atoms with Crippen LogP contribution >= 0.6 is 11.8 Å². The number of ether oxygens (including phenoxy) is 1. The highest BCUT2D eigenvalue weighted by Crippen LogP contribution is 2.29. The first-order chi connectivity index (χ1) is 14.5. The van der Waals surface area contributed by atoms with E-state index < -0.39 is 5.25 Å². The Morgan fingerprint density at radius 1 is 1.17 bits per heavy atom. The van der Waals surface area contributed by atoms with Crippen molar-refractivity contribution in [1.82, 2.24) is 14.5 Å². The Morgan fingerprint density at radius 2 is 1.87 bits per heavy atom. The number of aromatic nitrogens is 3. The highest BCUT2D eigenvalue weighted by molar-refractivity contribution is 8.00. The van der Waals surface area contributed by atoms with E-state index in [1.165, 1.54) is 11.8 Å². The van der Waals surface area contributed by atoms with Gasteiger partial charge in [-0.2, -0.15) is 0 Å². The van der Waals surface area contributed by atoms with Crippen LogP contribution in [0.4, 0.5) is 0 Å². The molecule has 0 bridgehead atoms. The van der Waals surface area contributed by atoms with Gasteiger partial charge in [0.15, 0.2) is 10.9 Å². The van der Waals surface area contributed by atoms with Crippen molar-refractivity contribution in [3.63, 3.8) is 0 Å². The fourth-order valence-corrected chi connectivity index (χ4v) is 4.62. The molecule has 7 heteroatoms. The molecule has 0 radical (unpaired) electrons. The minimum Gasteiger partial charge on any atom is -0.383 e. The number of aryl methyl sites for hydroxylation is 1. The van der Waals surface area contributed by atoms with E-state index >= 15 is 0 Å². The highest BCUT2D eigenvalue weighted by Gasteiger charge is 2.24. The van der Waals surface area contributed by atoms with Gasteiger partial charge in [0.25, 0.3) is 5.56 Å². The molecule has 2 aromatic heterocycles. The third kappa shape index (κ3) is 3.66. The predicted molar refractivity (Wildman–Crippen MR) is 121 cm³/mol. The number of H-pyrrole nitrogens is 1. The van der Waals surface area contributed by atoms with Gasteiger partial charge in [0.2, 0.25) is 0 Å². The van der Waals surface area contributed by atoms with Gasteiger partial charge in [-0.15, -0.1) is 0 Å². The maximum absolute atomic E-state index is 13.3. The topological polar surface area (TPSA) is 77.0 Å². The molecule has 6 nitrogen and oxygen atoms in total. The van der Waals surface area contributed by atoms with E-state index in [2.05, 4.69) is 9.97 Å². The van der Waals surface area contributed by atoms with Gasteiger partial charge < -0.3 is 9.72 Å². The summed E-state index contributed by atoms with van der Waals surface area (Å²) in [5.74, 6) is 0.00986. The average molecular weight is 422 g/mol. The second-order valence-electron chi connectivity index (χ2n) is 7.16. The van der Waals surface area contributed by atoms with Crippen LogP contribution in [0, 0.1) is 6.92 Å². The summed E-state index contributed by atoms with van der Waals surface area (Å²) in [4.78, 5) is 34.3. The SMILES string of the molecule is COCCn1c(SC(C)C(=O)c2c(C)[nH]c3ccccc23)nc2ccccc2c1=O. The molecule has 1 N–H and O–H groups in total. The maximum Gasteiger partial charge on any atom is 0.262 e. The predicted octanol–water partition coefficient (Wildman–Crippen LogP) is 4.20. The fourth-order valence-electron chi connectivity index (χ4n) is 3.63. The van der Waals surface area contributed by atoms with Crippen molar-refractivity contribution in [1.29, 1.82) is 0 Å². The van der Waals surface area contributed by atoms with Crippen LogP contribution in [0.15, 0.2) is 58.5 Å². The van der Waals surface area contributed by atoms with E-state index in [0.717, 1.165) is 16.6 Å². The monoisotopic (exact) mass is 421 g/mol. The Kier molecular flexibility index (Phi) is 5.74. The Labute approximate surface area is 178 Å². The number of benzene rings is 2. The van der Waals surface area contributed by atoms with Crippen LogP contribution in [0.3, 0.4) is 0 Å². The van der Waals surface area contributed by atoms with E-state index in [1.807, 2.05) is 56.3 Å². The number of fused-ring (bicyclic) bond motifs is 2. The van der Waals surface area contributed by atoms with Gasteiger partial charge in [-0.3, -0.25) is 14.2 Å². The maximum atomic E-state index is 13.3. The molecule has 154 valence electrons. The zero-order valence-electron chi connectivity index (χ0n) is 17.1. The lowest BCUT2D eigenvalue weighted by Gasteiger charge is -2.16. The van der Waals surface area contributed by atoms with Crippen LogP contribution in [0.2, 0.25) is 0 Å². The molecule has 0 aliphatic heterocycles. The summed E-state index contributed by atoms with van der Waals surface area (Å²) in [6, 6.07) is 15.0. The lowest BCUT2D eigenvalue weighted by Crippen LogP contribution is -2.26. The second-order valence-corrected chi connectivity index (χ2v) is 8.46. The quantitative estimate of drug-likeness (QED) is 0.275. The third-order valence-electron chi connectivity index (χ3n) is 5.14. The Bertz CT molecular complexity index is 1290. The Hall–Kier alpha value is -2.90. The van der Waals surface area contributed by atoms with Gasteiger partial charge in [0.05, 0.1) is 29.3 Å². The summed E-state index contributed by atoms with van der Waals surface area (Å²) in [6.07, 6.45) is 0.